The van der Waals surface area contributed by atoms with Crippen LogP contribution in [0.15, 0.2) is 36.4 Å². The van der Waals surface area contributed by atoms with Crippen molar-refractivity contribution < 1.29 is 14.7 Å². The molecule has 1 aromatic carbocycles. The molecule has 1 aliphatic heterocycles. The van der Waals surface area contributed by atoms with Crippen LogP contribution in [0.1, 0.15) is 21.7 Å². The number of hydrogen-bond donors (Lipinski definition) is 3. The van der Waals surface area contributed by atoms with Gasteiger partial charge in [0.2, 0.25) is 5.91 Å². The van der Waals surface area contributed by atoms with Gasteiger partial charge >= 0.3 is 0 Å². The highest BCUT2D eigenvalue weighted by molar-refractivity contribution is 5.96. The van der Waals surface area contributed by atoms with Crippen molar-refractivity contribution in [1.29, 1.82) is 0 Å². The summed E-state index contributed by atoms with van der Waals surface area (Å²) in [6, 6.07) is 10.7. The summed E-state index contributed by atoms with van der Waals surface area (Å²) in [7, 11) is 0. The third-order valence-electron chi connectivity index (χ3n) is 4.43. The van der Waals surface area contributed by atoms with Crippen LogP contribution in [0.4, 0.5) is 0 Å². The summed E-state index contributed by atoms with van der Waals surface area (Å²) in [6.07, 6.45) is 0.0387. The number of aromatic amines is 1. The first kappa shape index (κ1) is 17.2. The molecule has 2 heterocycles. The Labute approximate surface area is 146 Å². The van der Waals surface area contributed by atoms with Crippen molar-refractivity contribution >= 4 is 11.8 Å². The molecule has 25 heavy (non-hydrogen) atoms. The summed E-state index contributed by atoms with van der Waals surface area (Å²) in [5.41, 5.74) is 2.37. The molecule has 0 saturated carbocycles. The number of aryl methyl sites for hydroxylation is 1. The van der Waals surface area contributed by atoms with E-state index in [2.05, 4.69) is 15.5 Å². The maximum atomic E-state index is 12.3. The predicted octanol–water partition coefficient (Wildman–Crippen LogP) is 0.510. The number of likely N-dealkylation sites (tertiary alicyclic amines) is 1. The van der Waals surface area contributed by atoms with Gasteiger partial charge in [-0.2, -0.15) is 5.10 Å². The molecule has 0 unspecified atom stereocenters. The number of aliphatic hydroxyl groups excluding tert-OH is 1. The van der Waals surface area contributed by atoms with E-state index in [0.717, 1.165) is 11.4 Å². The van der Waals surface area contributed by atoms with Gasteiger partial charge in [-0.25, -0.2) is 0 Å². The molecule has 2 aromatic rings. The van der Waals surface area contributed by atoms with Crippen LogP contribution in [-0.2, 0) is 11.2 Å². The smallest absolute Gasteiger partial charge is 0.251 e. The van der Waals surface area contributed by atoms with E-state index in [-0.39, 0.29) is 30.8 Å². The van der Waals surface area contributed by atoms with E-state index in [1.165, 1.54) is 0 Å². The Morgan fingerprint density at radius 3 is 2.76 bits per heavy atom. The number of hydrogen-bond acceptors (Lipinski definition) is 4. The number of nitrogens with zero attached hydrogens (tertiary/aromatic N) is 2. The van der Waals surface area contributed by atoms with E-state index in [9.17, 15) is 14.7 Å². The lowest BCUT2D eigenvalue weighted by atomic mass is 10.0. The summed E-state index contributed by atoms with van der Waals surface area (Å²) in [5.74, 6) is -0.516. The van der Waals surface area contributed by atoms with Gasteiger partial charge in [0, 0.05) is 30.3 Å². The van der Waals surface area contributed by atoms with Crippen molar-refractivity contribution in [3.63, 3.8) is 0 Å². The lowest BCUT2D eigenvalue weighted by Crippen LogP contribution is -2.39. The number of aromatic nitrogens is 2. The molecule has 0 bridgehead atoms. The first-order valence-electron chi connectivity index (χ1n) is 8.33. The summed E-state index contributed by atoms with van der Waals surface area (Å²) in [4.78, 5) is 25.9. The van der Waals surface area contributed by atoms with Crippen LogP contribution in [0, 0.1) is 12.8 Å². The highest BCUT2D eigenvalue weighted by Crippen LogP contribution is 2.21. The monoisotopic (exact) mass is 342 g/mol. The Kier molecular flexibility index (Phi) is 5.14. The SMILES string of the molecule is Cc1cc(C[C@@H]2CN(C(=O)CNC(=O)c3ccccc3)C[C@H]2O)n[nH]1. The van der Waals surface area contributed by atoms with Gasteiger partial charge in [-0.15, -0.1) is 0 Å². The van der Waals surface area contributed by atoms with E-state index < -0.39 is 6.10 Å². The number of benzene rings is 1. The number of amides is 2. The molecular formula is C18H22N4O3. The van der Waals surface area contributed by atoms with Crippen LogP contribution in [-0.4, -0.2) is 57.8 Å². The minimum absolute atomic E-state index is 0.0449. The Morgan fingerprint density at radius 1 is 1.32 bits per heavy atom. The standard InChI is InChI=1S/C18H22N4O3/c1-12-7-15(21-20-12)8-14-10-22(11-16(14)23)17(24)9-19-18(25)13-5-3-2-4-6-13/h2-7,14,16,23H,8-11H2,1H3,(H,19,25)(H,20,21)/t14-,16-/m1/s1. The van der Waals surface area contributed by atoms with E-state index in [0.29, 0.717) is 18.5 Å². The molecule has 1 aliphatic rings. The van der Waals surface area contributed by atoms with Crippen molar-refractivity contribution in [3.05, 3.63) is 53.3 Å². The first-order valence-corrected chi connectivity index (χ1v) is 8.33. The van der Waals surface area contributed by atoms with Crippen LogP contribution >= 0.6 is 0 Å². The van der Waals surface area contributed by atoms with E-state index in [1.54, 1.807) is 29.2 Å². The van der Waals surface area contributed by atoms with Gasteiger partial charge in [0.05, 0.1) is 18.3 Å². The van der Waals surface area contributed by atoms with E-state index in [4.69, 9.17) is 0 Å². The second-order valence-corrected chi connectivity index (χ2v) is 6.42. The molecule has 1 saturated heterocycles. The number of H-pyrrole nitrogens is 1. The zero-order valence-electron chi connectivity index (χ0n) is 14.1. The fourth-order valence-corrected chi connectivity index (χ4v) is 3.07. The topological polar surface area (TPSA) is 98.3 Å². The van der Waals surface area contributed by atoms with Crippen LogP contribution in [0.2, 0.25) is 0 Å². The molecule has 132 valence electrons. The fraction of sp³-hybridized carbons (Fsp3) is 0.389. The number of carbonyl (C=O) groups is 2. The second kappa shape index (κ2) is 7.48. The van der Waals surface area contributed by atoms with Gasteiger partial charge in [-0.3, -0.25) is 14.7 Å². The van der Waals surface area contributed by atoms with E-state index >= 15 is 0 Å². The van der Waals surface area contributed by atoms with Gasteiger partial charge in [0.15, 0.2) is 0 Å². The lowest BCUT2D eigenvalue weighted by Gasteiger charge is -2.16. The Hall–Kier alpha value is -2.67. The quantitative estimate of drug-likeness (QED) is 0.737. The molecule has 1 aromatic heterocycles. The maximum absolute atomic E-state index is 12.3. The highest BCUT2D eigenvalue weighted by Gasteiger charge is 2.34. The van der Waals surface area contributed by atoms with E-state index in [1.807, 2.05) is 19.1 Å². The summed E-state index contributed by atoms with van der Waals surface area (Å²) in [6.45, 7) is 2.60. The van der Waals surface area contributed by atoms with Crippen molar-refractivity contribution in [2.24, 2.45) is 5.92 Å². The number of carbonyl (C=O) groups excluding carboxylic acids is 2. The molecule has 7 heteroatoms. The number of nitrogens with one attached hydrogen (secondary N) is 2. The minimum Gasteiger partial charge on any atom is -0.391 e. The van der Waals surface area contributed by atoms with Crippen LogP contribution in [0.25, 0.3) is 0 Å². The van der Waals surface area contributed by atoms with Gasteiger partial charge in [0.1, 0.15) is 0 Å². The Morgan fingerprint density at radius 2 is 2.08 bits per heavy atom. The average molecular weight is 342 g/mol. The minimum atomic E-state index is -0.578. The summed E-state index contributed by atoms with van der Waals surface area (Å²) < 4.78 is 0. The maximum Gasteiger partial charge on any atom is 0.251 e. The van der Waals surface area contributed by atoms with Crippen molar-refractivity contribution in [2.45, 2.75) is 19.4 Å². The zero-order valence-corrected chi connectivity index (χ0v) is 14.1. The first-order chi connectivity index (χ1) is 12.0. The van der Waals surface area contributed by atoms with Crippen LogP contribution in [0.3, 0.4) is 0 Å². The Balaban J connectivity index is 1.50. The summed E-state index contributed by atoms with van der Waals surface area (Å²) in [5, 5.41) is 19.9. The summed E-state index contributed by atoms with van der Waals surface area (Å²) >= 11 is 0. The van der Waals surface area contributed by atoms with Crippen molar-refractivity contribution in [2.75, 3.05) is 19.6 Å². The fourth-order valence-electron chi connectivity index (χ4n) is 3.07. The molecule has 0 spiro atoms. The number of rotatable bonds is 5. The van der Waals surface area contributed by atoms with Gasteiger partial charge in [-0.1, -0.05) is 18.2 Å². The highest BCUT2D eigenvalue weighted by atomic mass is 16.3. The van der Waals surface area contributed by atoms with Crippen molar-refractivity contribution in [1.82, 2.24) is 20.4 Å². The van der Waals surface area contributed by atoms with Gasteiger partial charge in [-0.05, 0) is 31.5 Å². The Bertz CT molecular complexity index is 744. The average Bonchev–Trinajstić information content (AvgIpc) is 3.19. The third-order valence-corrected chi connectivity index (χ3v) is 4.43. The zero-order chi connectivity index (χ0) is 17.8. The normalized spacial score (nSPS) is 19.8. The van der Waals surface area contributed by atoms with Crippen LogP contribution in [0.5, 0.6) is 0 Å². The molecule has 2 amide bonds. The molecule has 3 rings (SSSR count). The van der Waals surface area contributed by atoms with Gasteiger partial charge < -0.3 is 15.3 Å². The van der Waals surface area contributed by atoms with Gasteiger partial charge in [0.25, 0.3) is 5.91 Å². The second-order valence-electron chi connectivity index (χ2n) is 6.42. The molecule has 0 aliphatic carbocycles. The van der Waals surface area contributed by atoms with Crippen LogP contribution < -0.4 is 5.32 Å². The molecule has 0 radical (unpaired) electrons. The largest absolute Gasteiger partial charge is 0.391 e. The third kappa shape index (κ3) is 4.24. The lowest BCUT2D eigenvalue weighted by molar-refractivity contribution is -0.129. The van der Waals surface area contributed by atoms with Crippen molar-refractivity contribution in [3.8, 4) is 0 Å². The predicted molar refractivity (Wildman–Crippen MR) is 91.9 cm³/mol. The molecule has 3 N–H and O–H groups in total. The molecular weight excluding hydrogens is 320 g/mol. The molecule has 1 fully saturated rings. The molecule has 2 atom stereocenters. The molecule has 7 nitrogen and oxygen atoms in total. The number of aliphatic hydroxyl groups is 1. The number of β-amino-alcohol motifs (C(OH)–C–C–N with tert-alkyl or cyclic N) is 1.